The third kappa shape index (κ3) is 2.68. The monoisotopic (exact) mass is 252 g/mol. The Kier molecular flexibility index (Phi) is 3.93. The maximum Gasteiger partial charge on any atom is 0.308 e. The second-order valence-electron chi connectivity index (χ2n) is 5.26. The molecule has 0 spiro atoms. The molecule has 1 N–H and O–H groups in total. The normalized spacial score (nSPS) is 19.9. The highest BCUT2D eigenvalue weighted by Crippen LogP contribution is 2.28. The SMILES string of the molecule is CC(C(=O)O)C(C)n1nnnc1CC1CCCC1. The Morgan fingerprint density at radius 2 is 2.11 bits per heavy atom. The van der Waals surface area contributed by atoms with Crippen molar-refractivity contribution < 1.29 is 9.90 Å². The summed E-state index contributed by atoms with van der Waals surface area (Å²) in [6, 6.07) is -0.214. The first-order valence-corrected chi connectivity index (χ1v) is 6.59. The molecule has 0 aliphatic heterocycles. The van der Waals surface area contributed by atoms with E-state index in [2.05, 4.69) is 15.5 Å². The van der Waals surface area contributed by atoms with E-state index in [4.69, 9.17) is 5.11 Å². The van der Waals surface area contributed by atoms with E-state index in [1.54, 1.807) is 11.6 Å². The predicted molar refractivity (Wildman–Crippen MR) is 65.0 cm³/mol. The summed E-state index contributed by atoms with van der Waals surface area (Å²) >= 11 is 0. The number of hydrogen-bond donors (Lipinski definition) is 1. The van der Waals surface area contributed by atoms with E-state index in [1.165, 1.54) is 25.7 Å². The lowest BCUT2D eigenvalue weighted by atomic mass is 10.0. The number of rotatable bonds is 5. The van der Waals surface area contributed by atoms with E-state index in [-0.39, 0.29) is 6.04 Å². The maximum atomic E-state index is 11.0. The number of hydrogen-bond acceptors (Lipinski definition) is 4. The van der Waals surface area contributed by atoms with Crippen molar-refractivity contribution in [1.82, 2.24) is 20.2 Å². The summed E-state index contributed by atoms with van der Waals surface area (Å²) < 4.78 is 1.68. The number of aromatic nitrogens is 4. The number of nitrogens with zero attached hydrogens (tertiary/aromatic N) is 4. The van der Waals surface area contributed by atoms with E-state index in [0.29, 0.717) is 5.92 Å². The van der Waals surface area contributed by atoms with Gasteiger partial charge in [-0.3, -0.25) is 4.79 Å². The summed E-state index contributed by atoms with van der Waals surface area (Å²) in [5.41, 5.74) is 0. The van der Waals surface area contributed by atoms with Crippen molar-refractivity contribution in [3.63, 3.8) is 0 Å². The second kappa shape index (κ2) is 5.46. The smallest absolute Gasteiger partial charge is 0.308 e. The van der Waals surface area contributed by atoms with Crippen LogP contribution in [-0.4, -0.2) is 31.3 Å². The first-order valence-electron chi connectivity index (χ1n) is 6.59. The van der Waals surface area contributed by atoms with Gasteiger partial charge in [0.25, 0.3) is 0 Å². The standard InChI is InChI=1S/C12H20N4O2/c1-8(12(17)18)9(2)16-11(13-14-15-16)7-10-5-3-4-6-10/h8-10H,3-7H2,1-2H3,(H,17,18). The van der Waals surface area contributed by atoms with E-state index >= 15 is 0 Å². The second-order valence-corrected chi connectivity index (χ2v) is 5.26. The van der Waals surface area contributed by atoms with Crippen LogP contribution >= 0.6 is 0 Å². The van der Waals surface area contributed by atoms with Crippen LogP contribution in [0, 0.1) is 11.8 Å². The van der Waals surface area contributed by atoms with Gasteiger partial charge >= 0.3 is 5.97 Å². The molecule has 6 heteroatoms. The molecular formula is C12H20N4O2. The van der Waals surface area contributed by atoms with Gasteiger partial charge in [-0.1, -0.05) is 25.7 Å². The average molecular weight is 252 g/mol. The predicted octanol–water partition coefficient (Wildman–Crippen LogP) is 1.69. The molecule has 100 valence electrons. The van der Waals surface area contributed by atoms with E-state index in [9.17, 15) is 4.79 Å². The third-order valence-electron chi connectivity index (χ3n) is 4.01. The Balaban J connectivity index is 2.08. The summed E-state index contributed by atoms with van der Waals surface area (Å²) in [6.07, 6.45) is 5.90. The Morgan fingerprint density at radius 1 is 1.44 bits per heavy atom. The molecule has 1 heterocycles. The minimum Gasteiger partial charge on any atom is -0.481 e. The Bertz CT molecular complexity index is 412. The van der Waals surface area contributed by atoms with E-state index in [0.717, 1.165) is 12.2 Å². The number of carboxylic acids is 1. The summed E-state index contributed by atoms with van der Waals surface area (Å²) in [6.45, 7) is 3.54. The van der Waals surface area contributed by atoms with Gasteiger partial charge in [-0.05, 0) is 30.2 Å². The molecule has 0 aromatic carbocycles. The lowest BCUT2D eigenvalue weighted by molar-refractivity contribution is -0.142. The number of carbonyl (C=O) groups is 1. The van der Waals surface area contributed by atoms with Crippen molar-refractivity contribution in [3.05, 3.63) is 5.82 Å². The summed E-state index contributed by atoms with van der Waals surface area (Å²) in [5, 5.41) is 20.7. The average Bonchev–Trinajstić information content (AvgIpc) is 2.99. The van der Waals surface area contributed by atoms with Gasteiger partial charge in [0, 0.05) is 6.42 Å². The van der Waals surface area contributed by atoms with Crippen LogP contribution in [0.3, 0.4) is 0 Å². The highest BCUT2D eigenvalue weighted by atomic mass is 16.4. The molecule has 18 heavy (non-hydrogen) atoms. The fourth-order valence-corrected chi connectivity index (χ4v) is 2.55. The van der Waals surface area contributed by atoms with E-state index in [1.807, 2.05) is 6.92 Å². The molecule has 6 nitrogen and oxygen atoms in total. The lowest BCUT2D eigenvalue weighted by Gasteiger charge is -2.18. The van der Waals surface area contributed by atoms with Crippen molar-refractivity contribution in [2.75, 3.05) is 0 Å². The molecule has 1 aromatic rings. The van der Waals surface area contributed by atoms with Gasteiger partial charge in [-0.25, -0.2) is 4.68 Å². The van der Waals surface area contributed by atoms with Gasteiger partial charge < -0.3 is 5.11 Å². The third-order valence-corrected chi connectivity index (χ3v) is 4.01. The Labute approximate surface area is 106 Å². The molecule has 2 atom stereocenters. The van der Waals surface area contributed by atoms with Crippen LogP contribution in [0.15, 0.2) is 0 Å². The van der Waals surface area contributed by atoms with Crippen molar-refractivity contribution >= 4 is 5.97 Å². The summed E-state index contributed by atoms with van der Waals surface area (Å²) in [4.78, 5) is 11.0. The van der Waals surface area contributed by atoms with Crippen LogP contribution in [-0.2, 0) is 11.2 Å². The van der Waals surface area contributed by atoms with Crippen LogP contribution < -0.4 is 0 Å². The van der Waals surface area contributed by atoms with Gasteiger partial charge in [0.2, 0.25) is 0 Å². The molecule has 1 saturated carbocycles. The zero-order chi connectivity index (χ0) is 13.1. The largest absolute Gasteiger partial charge is 0.481 e. The van der Waals surface area contributed by atoms with Gasteiger partial charge in [0.05, 0.1) is 12.0 Å². The quantitative estimate of drug-likeness (QED) is 0.862. The van der Waals surface area contributed by atoms with Crippen LogP contribution in [0.5, 0.6) is 0 Å². The minimum atomic E-state index is -0.815. The maximum absolute atomic E-state index is 11.0. The molecular weight excluding hydrogens is 232 g/mol. The molecule has 0 radical (unpaired) electrons. The molecule has 1 fully saturated rings. The van der Waals surface area contributed by atoms with Crippen LogP contribution in [0.2, 0.25) is 0 Å². The van der Waals surface area contributed by atoms with Gasteiger partial charge in [-0.2, -0.15) is 0 Å². The number of tetrazole rings is 1. The molecule has 2 unspecified atom stereocenters. The minimum absolute atomic E-state index is 0.214. The summed E-state index contributed by atoms with van der Waals surface area (Å²) in [5.74, 6) is 0.172. The van der Waals surface area contributed by atoms with Crippen molar-refractivity contribution in [2.45, 2.75) is 52.0 Å². The number of aliphatic carboxylic acids is 1. The van der Waals surface area contributed by atoms with Crippen LogP contribution in [0.4, 0.5) is 0 Å². The molecule has 0 saturated heterocycles. The first kappa shape index (κ1) is 13.0. The van der Waals surface area contributed by atoms with Gasteiger partial charge in [-0.15, -0.1) is 5.10 Å². The Morgan fingerprint density at radius 3 is 2.72 bits per heavy atom. The summed E-state index contributed by atoms with van der Waals surface area (Å²) in [7, 11) is 0. The molecule has 2 rings (SSSR count). The highest BCUT2D eigenvalue weighted by Gasteiger charge is 2.26. The lowest BCUT2D eigenvalue weighted by Crippen LogP contribution is -2.24. The first-order chi connectivity index (χ1) is 8.59. The van der Waals surface area contributed by atoms with Crippen molar-refractivity contribution in [2.24, 2.45) is 11.8 Å². The topological polar surface area (TPSA) is 80.9 Å². The molecule has 0 bridgehead atoms. The molecule has 1 aliphatic carbocycles. The molecule has 1 aliphatic rings. The number of carboxylic acid groups (broad SMARTS) is 1. The highest BCUT2D eigenvalue weighted by molar-refractivity contribution is 5.70. The fourth-order valence-electron chi connectivity index (χ4n) is 2.55. The van der Waals surface area contributed by atoms with Crippen LogP contribution in [0.25, 0.3) is 0 Å². The zero-order valence-electron chi connectivity index (χ0n) is 10.9. The van der Waals surface area contributed by atoms with Crippen molar-refractivity contribution in [1.29, 1.82) is 0 Å². The van der Waals surface area contributed by atoms with Crippen molar-refractivity contribution in [3.8, 4) is 0 Å². The van der Waals surface area contributed by atoms with Gasteiger partial charge in [0.15, 0.2) is 5.82 Å². The van der Waals surface area contributed by atoms with E-state index < -0.39 is 11.9 Å². The van der Waals surface area contributed by atoms with Gasteiger partial charge in [0.1, 0.15) is 0 Å². The Hall–Kier alpha value is -1.46. The van der Waals surface area contributed by atoms with Crippen LogP contribution in [0.1, 0.15) is 51.4 Å². The zero-order valence-corrected chi connectivity index (χ0v) is 10.9. The molecule has 0 amide bonds. The fraction of sp³-hybridized carbons (Fsp3) is 0.833. The molecule has 1 aromatic heterocycles.